The normalized spacial score (nSPS) is 23.5. The van der Waals surface area contributed by atoms with Gasteiger partial charge < -0.3 is 5.32 Å². The molecule has 1 fully saturated rings. The Morgan fingerprint density at radius 1 is 1.53 bits per heavy atom. The molecule has 1 aliphatic rings. The Hall–Kier alpha value is -1.41. The molecule has 1 amide bonds. The fourth-order valence-corrected chi connectivity index (χ4v) is 3.17. The van der Waals surface area contributed by atoms with Crippen LogP contribution in [0, 0.1) is 11.8 Å². The molecule has 0 bridgehead atoms. The molecule has 3 N–H and O–H groups in total. The van der Waals surface area contributed by atoms with Crippen molar-refractivity contribution >= 4 is 21.7 Å². The zero-order chi connectivity index (χ0) is 14.2. The summed E-state index contributed by atoms with van der Waals surface area (Å²) < 4.78 is 24.1. The average Bonchev–Trinajstić information content (AvgIpc) is 2.84. The van der Waals surface area contributed by atoms with Crippen molar-refractivity contribution in [3.63, 3.8) is 0 Å². The van der Waals surface area contributed by atoms with Gasteiger partial charge in [-0.15, -0.1) is 0 Å². The van der Waals surface area contributed by atoms with Gasteiger partial charge in [0.1, 0.15) is 4.90 Å². The smallest absolute Gasteiger partial charge is 0.243 e. The van der Waals surface area contributed by atoms with Gasteiger partial charge in [0.2, 0.25) is 15.9 Å². The van der Waals surface area contributed by atoms with Gasteiger partial charge in [0, 0.05) is 19.2 Å². The van der Waals surface area contributed by atoms with Crippen molar-refractivity contribution in [2.24, 2.45) is 24.0 Å². The van der Waals surface area contributed by atoms with Crippen molar-refractivity contribution in [1.29, 1.82) is 0 Å². The molecular weight excluding hydrogens is 268 g/mol. The molecule has 1 aromatic heterocycles. The minimum absolute atomic E-state index is 0.00843. The first-order valence-electron chi connectivity index (χ1n) is 6.16. The van der Waals surface area contributed by atoms with Crippen LogP contribution in [0.25, 0.3) is 0 Å². The van der Waals surface area contributed by atoms with Crippen molar-refractivity contribution < 1.29 is 13.2 Å². The lowest BCUT2D eigenvalue weighted by Crippen LogP contribution is -2.26. The minimum Gasteiger partial charge on any atom is -0.308 e. The predicted octanol–water partition coefficient (Wildman–Crippen LogP) is 0.442. The molecule has 106 valence electrons. The van der Waals surface area contributed by atoms with Crippen LogP contribution < -0.4 is 10.5 Å². The van der Waals surface area contributed by atoms with Gasteiger partial charge >= 0.3 is 0 Å². The summed E-state index contributed by atoms with van der Waals surface area (Å²) in [7, 11) is -2.32. The summed E-state index contributed by atoms with van der Waals surface area (Å²) in [6.07, 6.45) is 4.14. The second-order valence-corrected chi connectivity index (χ2v) is 6.59. The molecule has 0 spiro atoms. The van der Waals surface area contributed by atoms with E-state index in [1.165, 1.54) is 10.9 Å². The number of hydrogen-bond acceptors (Lipinski definition) is 4. The molecule has 7 nitrogen and oxygen atoms in total. The number of primary sulfonamides is 1. The number of amides is 1. The lowest BCUT2D eigenvalue weighted by Gasteiger charge is -2.14. The Morgan fingerprint density at radius 2 is 2.21 bits per heavy atom. The van der Waals surface area contributed by atoms with Crippen molar-refractivity contribution in [2.75, 3.05) is 5.32 Å². The van der Waals surface area contributed by atoms with Gasteiger partial charge in [-0.05, 0) is 18.8 Å². The van der Waals surface area contributed by atoms with E-state index in [1.54, 1.807) is 7.05 Å². The number of aryl methyl sites for hydroxylation is 1. The van der Waals surface area contributed by atoms with E-state index in [0.717, 1.165) is 19.3 Å². The third kappa shape index (κ3) is 2.95. The number of sulfonamides is 1. The number of hydrogen-bond donors (Lipinski definition) is 2. The maximum absolute atomic E-state index is 12.1. The van der Waals surface area contributed by atoms with E-state index in [4.69, 9.17) is 5.14 Å². The standard InChI is InChI=1S/C11H18N4O3S/c1-7-4-3-5-8(7)11(16)13-10-9(19(12,17)18)6-15(2)14-10/h6-8H,3-5H2,1-2H3,(H2,12,17,18)(H,13,14,16). The molecule has 1 aromatic rings. The van der Waals surface area contributed by atoms with E-state index < -0.39 is 10.0 Å². The Balaban J connectivity index is 2.22. The fourth-order valence-electron chi connectivity index (χ4n) is 2.51. The highest BCUT2D eigenvalue weighted by molar-refractivity contribution is 7.89. The van der Waals surface area contributed by atoms with Crippen molar-refractivity contribution in [3.05, 3.63) is 6.20 Å². The predicted molar refractivity (Wildman–Crippen MR) is 69.7 cm³/mol. The molecule has 2 unspecified atom stereocenters. The van der Waals surface area contributed by atoms with Crippen LogP contribution >= 0.6 is 0 Å². The first kappa shape index (κ1) is 14.0. The van der Waals surface area contributed by atoms with Gasteiger partial charge in [-0.3, -0.25) is 9.48 Å². The molecule has 2 rings (SSSR count). The number of nitrogens with one attached hydrogen (secondary N) is 1. The lowest BCUT2D eigenvalue weighted by atomic mass is 9.97. The van der Waals surface area contributed by atoms with Gasteiger partial charge in [-0.25, -0.2) is 13.6 Å². The lowest BCUT2D eigenvalue weighted by molar-refractivity contribution is -0.120. The molecule has 0 aliphatic heterocycles. The maximum atomic E-state index is 12.1. The van der Waals surface area contributed by atoms with Crippen LogP contribution in [0.3, 0.4) is 0 Å². The Labute approximate surface area is 112 Å². The number of anilines is 1. The van der Waals surface area contributed by atoms with Gasteiger partial charge in [-0.2, -0.15) is 5.10 Å². The monoisotopic (exact) mass is 286 g/mol. The van der Waals surface area contributed by atoms with Crippen molar-refractivity contribution in [3.8, 4) is 0 Å². The van der Waals surface area contributed by atoms with Gasteiger partial charge in [0.15, 0.2) is 5.82 Å². The summed E-state index contributed by atoms with van der Waals surface area (Å²) >= 11 is 0. The largest absolute Gasteiger partial charge is 0.308 e. The van der Waals surface area contributed by atoms with Crippen LogP contribution in [0.15, 0.2) is 11.1 Å². The first-order valence-corrected chi connectivity index (χ1v) is 7.71. The topological polar surface area (TPSA) is 107 Å². The second-order valence-electron chi connectivity index (χ2n) is 5.06. The zero-order valence-electron chi connectivity index (χ0n) is 11.0. The SMILES string of the molecule is CC1CCCC1C(=O)Nc1nn(C)cc1S(N)(=O)=O. The summed E-state index contributed by atoms with van der Waals surface area (Å²) in [5.74, 6) is 0.0414. The van der Waals surface area contributed by atoms with E-state index in [0.29, 0.717) is 5.92 Å². The third-order valence-electron chi connectivity index (χ3n) is 3.54. The maximum Gasteiger partial charge on any atom is 0.243 e. The molecule has 0 aromatic carbocycles. The highest BCUT2D eigenvalue weighted by Crippen LogP contribution is 2.32. The summed E-state index contributed by atoms with van der Waals surface area (Å²) in [6, 6.07) is 0. The highest BCUT2D eigenvalue weighted by Gasteiger charge is 2.31. The highest BCUT2D eigenvalue weighted by atomic mass is 32.2. The van der Waals surface area contributed by atoms with Crippen LogP contribution in [0.4, 0.5) is 5.82 Å². The second kappa shape index (κ2) is 4.93. The van der Waals surface area contributed by atoms with Gasteiger partial charge in [0.25, 0.3) is 0 Å². The van der Waals surface area contributed by atoms with Gasteiger partial charge in [0.05, 0.1) is 0 Å². The van der Waals surface area contributed by atoms with Crippen molar-refractivity contribution in [1.82, 2.24) is 9.78 Å². The average molecular weight is 286 g/mol. The summed E-state index contributed by atoms with van der Waals surface area (Å²) in [6.45, 7) is 2.02. The van der Waals surface area contributed by atoms with Crippen LogP contribution in [-0.4, -0.2) is 24.1 Å². The molecule has 1 saturated carbocycles. The number of carbonyl (C=O) groups excluding carboxylic acids is 1. The quantitative estimate of drug-likeness (QED) is 0.840. The first-order chi connectivity index (χ1) is 8.79. The molecule has 1 aliphatic carbocycles. The Bertz CT molecular complexity index is 593. The number of aromatic nitrogens is 2. The number of nitrogens with zero attached hydrogens (tertiary/aromatic N) is 2. The van der Waals surface area contributed by atoms with E-state index >= 15 is 0 Å². The molecule has 2 atom stereocenters. The van der Waals surface area contributed by atoms with Gasteiger partial charge in [-0.1, -0.05) is 13.3 Å². The minimum atomic E-state index is -3.89. The number of nitrogens with two attached hydrogens (primary N) is 1. The summed E-state index contributed by atoms with van der Waals surface area (Å²) in [4.78, 5) is 12.0. The molecular formula is C11H18N4O3S. The van der Waals surface area contributed by atoms with Crippen molar-refractivity contribution in [2.45, 2.75) is 31.1 Å². The molecule has 0 radical (unpaired) electrons. The van der Waals surface area contributed by atoms with Crippen LogP contribution in [0.1, 0.15) is 26.2 Å². The zero-order valence-corrected chi connectivity index (χ0v) is 11.8. The van der Waals surface area contributed by atoms with Crippen LogP contribution in [-0.2, 0) is 21.9 Å². The van der Waals surface area contributed by atoms with E-state index in [1.807, 2.05) is 6.92 Å². The fraction of sp³-hybridized carbons (Fsp3) is 0.636. The van der Waals surface area contributed by atoms with Crippen LogP contribution in [0.2, 0.25) is 0 Å². The molecule has 0 saturated heterocycles. The number of carbonyl (C=O) groups is 1. The van der Waals surface area contributed by atoms with E-state index in [2.05, 4.69) is 10.4 Å². The number of rotatable bonds is 3. The Kier molecular flexibility index (Phi) is 3.64. The van der Waals surface area contributed by atoms with Crippen LogP contribution in [0.5, 0.6) is 0 Å². The molecule has 19 heavy (non-hydrogen) atoms. The summed E-state index contributed by atoms with van der Waals surface area (Å²) in [5, 5.41) is 11.6. The van der Waals surface area contributed by atoms with E-state index in [9.17, 15) is 13.2 Å². The Morgan fingerprint density at radius 3 is 2.74 bits per heavy atom. The third-order valence-corrected chi connectivity index (χ3v) is 4.45. The summed E-state index contributed by atoms with van der Waals surface area (Å²) in [5.41, 5.74) is 0. The molecule has 1 heterocycles. The van der Waals surface area contributed by atoms with E-state index in [-0.39, 0.29) is 22.5 Å². The molecule has 8 heteroatoms.